The van der Waals surface area contributed by atoms with Crippen LogP contribution in [0.3, 0.4) is 0 Å². The van der Waals surface area contributed by atoms with Crippen LogP contribution in [0.15, 0.2) is 18.2 Å². The lowest BCUT2D eigenvalue weighted by Gasteiger charge is -2.27. The quantitative estimate of drug-likeness (QED) is 0.410. The summed E-state index contributed by atoms with van der Waals surface area (Å²) in [4.78, 5) is 26.7. The Morgan fingerprint density at radius 2 is 2.03 bits per heavy atom. The molecule has 1 aromatic carbocycles. The third kappa shape index (κ3) is 9.80. The molecule has 0 aliphatic carbocycles. The van der Waals surface area contributed by atoms with Crippen molar-refractivity contribution in [2.24, 2.45) is 0 Å². The number of rotatable bonds is 15. The van der Waals surface area contributed by atoms with E-state index in [2.05, 4.69) is 10.6 Å². The Kier molecular flexibility index (Phi) is 13.2. The van der Waals surface area contributed by atoms with E-state index in [4.69, 9.17) is 4.74 Å². The van der Waals surface area contributed by atoms with Crippen LogP contribution in [-0.2, 0) is 9.59 Å². The number of unbranched alkanes of at least 4 members (excludes halogenated alkanes) is 1. The normalized spacial score (nSPS) is 11.8. The van der Waals surface area contributed by atoms with Gasteiger partial charge in [-0.25, -0.2) is 4.39 Å². The zero-order valence-corrected chi connectivity index (χ0v) is 19.4. The molecule has 0 spiro atoms. The highest BCUT2D eigenvalue weighted by atomic mass is 32.2. The van der Waals surface area contributed by atoms with Gasteiger partial charge in [0.1, 0.15) is 6.04 Å². The van der Waals surface area contributed by atoms with Crippen molar-refractivity contribution in [2.75, 3.05) is 45.3 Å². The van der Waals surface area contributed by atoms with Gasteiger partial charge in [-0.3, -0.25) is 9.59 Å². The summed E-state index contributed by atoms with van der Waals surface area (Å²) in [6.45, 7) is 6.28. The van der Waals surface area contributed by atoms with Gasteiger partial charge in [-0.2, -0.15) is 11.8 Å². The third-order valence-corrected chi connectivity index (χ3v) is 5.38. The molecule has 1 atom stereocenters. The monoisotopic (exact) mass is 441 g/mol. The van der Waals surface area contributed by atoms with Crippen LogP contribution in [0.4, 0.5) is 4.39 Å². The highest BCUT2D eigenvalue weighted by Crippen LogP contribution is 2.18. The number of ether oxygens (including phenoxy) is 1. The van der Waals surface area contributed by atoms with Crippen molar-refractivity contribution in [3.8, 4) is 5.75 Å². The van der Waals surface area contributed by atoms with E-state index >= 15 is 0 Å². The Bertz CT molecular complexity index is 661. The van der Waals surface area contributed by atoms with Crippen molar-refractivity contribution in [1.82, 2.24) is 15.5 Å². The number of nitrogens with one attached hydrogen (secondary N) is 2. The number of nitrogens with zero attached hydrogens (tertiary/aromatic N) is 1. The smallest absolute Gasteiger partial charge is 0.242 e. The Balaban J connectivity index is 2.42. The van der Waals surface area contributed by atoms with Gasteiger partial charge >= 0.3 is 0 Å². The first kappa shape index (κ1) is 26.2. The van der Waals surface area contributed by atoms with Crippen LogP contribution in [0.25, 0.3) is 0 Å². The first-order valence-corrected chi connectivity index (χ1v) is 11.9. The molecule has 0 aliphatic rings. The second-order valence-electron chi connectivity index (χ2n) is 7.19. The number of carbonyl (C=O) groups is 2. The molecular weight excluding hydrogens is 405 g/mol. The predicted octanol–water partition coefficient (Wildman–Crippen LogP) is 2.99. The van der Waals surface area contributed by atoms with Gasteiger partial charge in [-0.05, 0) is 62.4 Å². The molecule has 0 aromatic heterocycles. The second kappa shape index (κ2) is 15.1. The minimum absolute atomic E-state index is 0.0653. The average molecular weight is 442 g/mol. The number of likely N-dealkylation sites (N-methyl/N-ethyl adjacent to an activating group) is 2. The van der Waals surface area contributed by atoms with Crippen LogP contribution in [0.2, 0.25) is 0 Å². The van der Waals surface area contributed by atoms with Gasteiger partial charge in [0.15, 0.2) is 11.6 Å². The molecule has 1 aromatic rings. The van der Waals surface area contributed by atoms with E-state index in [1.807, 2.05) is 20.1 Å². The molecule has 30 heavy (non-hydrogen) atoms. The predicted molar refractivity (Wildman–Crippen MR) is 122 cm³/mol. The number of benzene rings is 1. The molecule has 1 rings (SSSR count). The number of halogens is 1. The fraction of sp³-hybridized carbons (Fsp3) is 0.636. The Morgan fingerprint density at radius 1 is 1.27 bits per heavy atom. The molecule has 2 N–H and O–H groups in total. The maximum absolute atomic E-state index is 13.8. The van der Waals surface area contributed by atoms with E-state index in [1.54, 1.807) is 35.8 Å². The number of aryl methyl sites for hydroxylation is 1. The summed E-state index contributed by atoms with van der Waals surface area (Å²) in [5.41, 5.74) is 0.843. The first-order valence-electron chi connectivity index (χ1n) is 10.5. The summed E-state index contributed by atoms with van der Waals surface area (Å²) in [7, 11) is 1.69. The maximum Gasteiger partial charge on any atom is 0.242 e. The van der Waals surface area contributed by atoms with E-state index in [0.29, 0.717) is 45.4 Å². The topological polar surface area (TPSA) is 70.7 Å². The molecule has 0 aliphatic heterocycles. The molecule has 1 unspecified atom stereocenters. The van der Waals surface area contributed by atoms with Crippen LogP contribution >= 0.6 is 11.8 Å². The van der Waals surface area contributed by atoms with Gasteiger partial charge < -0.3 is 20.3 Å². The van der Waals surface area contributed by atoms with Gasteiger partial charge in [-0.15, -0.1) is 0 Å². The van der Waals surface area contributed by atoms with E-state index in [0.717, 1.165) is 17.9 Å². The molecule has 0 heterocycles. The molecular formula is C22H36FN3O3S. The number of carbonyl (C=O) groups excluding carboxylic acids is 2. The van der Waals surface area contributed by atoms with Gasteiger partial charge in [0.05, 0.1) is 6.61 Å². The van der Waals surface area contributed by atoms with Crippen LogP contribution in [0, 0.1) is 12.7 Å². The zero-order chi connectivity index (χ0) is 22.4. The zero-order valence-electron chi connectivity index (χ0n) is 18.6. The van der Waals surface area contributed by atoms with Gasteiger partial charge in [0.25, 0.3) is 0 Å². The van der Waals surface area contributed by atoms with E-state index in [1.165, 1.54) is 6.07 Å². The van der Waals surface area contributed by atoms with E-state index < -0.39 is 6.04 Å². The Labute approximate surface area is 184 Å². The van der Waals surface area contributed by atoms with Gasteiger partial charge in [0, 0.05) is 26.6 Å². The highest BCUT2D eigenvalue weighted by molar-refractivity contribution is 7.98. The van der Waals surface area contributed by atoms with Crippen LogP contribution < -0.4 is 15.4 Å². The third-order valence-electron chi connectivity index (χ3n) is 4.74. The lowest BCUT2D eigenvalue weighted by atomic mass is 10.1. The molecule has 0 saturated carbocycles. The molecule has 6 nitrogen and oxygen atoms in total. The molecule has 0 radical (unpaired) electrons. The average Bonchev–Trinajstić information content (AvgIpc) is 2.72. The first-order chi connectivity index (χ1) is 14.4. The molecule has 8 heteroatoms. The minimum Gasteiger partial charge on any atom is -0.491 e. The number of hydrogen-bond donors (Lipinski definition) is 2. The van der Waals surface area contributed by atoms with Crippen molar-refractivity contribution in [2.45, 2.75) is 45.6 Å². The van der Waals surface area contributed by atoms with Crippen LogP contribution in [-0.4, -0.2) is 68.1 Å². The molecule has 0 saturated heterocycles. The standard InChI is InChI=1S/C22H36FN3O3S/c1-5-24-12-13-25-22(28)19(11-15-30-4)26(3)21(27)8-6-7-14-29-20-10-9-17(2)16-18(20)23/h9-10,16,19,24H,5-8,11-15H2,1-4H3,(H,25,28). The fourth-order valence-corrected chi connectivity index (χ4v) is 3.39. The maximum atomic E-state index is 13.8. The Hall–Kier alpha value is -1.80. The van der Waals surface area contributed by atoms with Gasteiger partial charge in [-0.1, -0.05) is 13.0 Å². The summed E-state index contributed by atoms with van der Waals surface area (Å²) in [5.74, 6) is 0.484. The lowest BCUT2D eigenvalue weighted by Crippen LogP contribution is -2.49. The number of thioether (sulfide) groups is 1. The number of amides is 2. The molecule has 0 bridgehead atoms. The van der Waals surface area contributed by atoms with Crippen molar-refractivity contribution in [3.05, 3.63) is 29.6 Å². The summed E-state index contributed by atoms with van der Waals surface area (Å²) < 4.78 is 19.2. The summed E-state index contributed by atoms with van der Waals surface area (Å²) in [6, 6.07) is 4.39. The highest BCUT2D eigenvalue weighted by Gasteiger charge is 2.25. The van der Waals surface area contributed by atoms with E-state index in [-0.39, 0.29) is 23.4 Å². The van der Waals surface area contributed by atoms with Crippen molar-refractivity contribution >= 4 is 23.6 Å². The summed E-state index contributed by atoms with van der Waals surface area (Å²) >= 11 is 1.66. The van der Waals surface area contributed by atoms with Crippen molar-refractivity contribution < 1.29 is 18.7 Å². The molecule has 0 fully saturated rings. The largest absolute Gasteiger partial charge is 0.491 e. The van der Waals surface area contributed by atoms with Crippen LogP contribution in [0.5, 0.6) is 5.75 Å². The van der Waals surface area contributed by atoms with Crippen LogP contribution in [0.1, 0.15) is 38.2 Å². The lowest BCUT2D eigenvalue weighted by molar-refractivity contribution is -0.139. The fourth-order valence-electron chi connectivity index (χ4n) is 2.93. The van der Waals surface area contributed by atoms with Crippen molar-refractivity contribution in [3.63, 3.8) is 0 Å². The summed E-state index contributed by atoms with van der Waals surface area (Å²) in [6.07, 6.45) is 4.19. The summed E-state index contributed by atoms with van der Waals surface area (Å²) in [5, 5.41) is 6.07. The van der Waals surface area contributed by atoms with Gasteiger partial charge in [0.2, 0.25) is 11.8 Å². The minimum atomic E-state index is -0.468. The molecule has 2 amide bonds. The van der Waals surface area contributed by atoms with Crippen molar-refractivity contribution in [1.29, 1.82) is 0 Å². The van der Waals surface area contributed by atoms with E-state index in [9.17, 15) is 14.0 Å². The SMILES string of the molecule is CCNCCNC(=O)C(CCSC)N(C)C(=O)CCCCOc1ccc(C)cc1F. The Morgan fingerprint density at radius 3 is 2.70 bits per heavy atom. The number of hydrogen-bond acceptors (Lipinski definition) is 5. The second-order valence-corrected chi connectivity index (χ2v) is 8.17. The molecule has 170 valence electrons.